The van der Waals surface area contributed by atoms with Crippen molar-refractivity contribution in [1.82, 2.24) is 14.9 Å². The van der Waals surface area contributed by atoms with Gasteiger partial charge < -0.3 is 10.0 Å². The molecule has 1 aliphatic heterocycles. The Balaban J connectivity index is 1.98. The van der Waals surface area contributed by atoms with Crippen molar-refractivity contribution >= 4 is 11.9 Å². The zero-order valence-electron chi connectivity index (χ0n) is 14.6. The van der Waals surface area contributed by atoms with E-state index < -0.39 is 11.9 Å². The van der Waals surface area contributed by atoms with Gasteiger partial charge in [0.05, 0.1) is 17.2 Å². The highest BCUT2D eigenvalue weighted by Crippen LogP contribution is 2.30. The van der Waals surface area contributed by atoms with Crippen molar-refractivity contribution in [3.63, 3.8) is 0 Å². The molecule has 130 valence electrons. The Morgan fingerprint density at radius 1 is 1.28 bits per heavy atom. The summed E-state index contributed by atoms with van der Waals surface area (Å²) in [4.78, 5) is 34.9. The molecule has 0 spiro atoms. The van der Waals surface area contributed by atoms with Gasteiger partial charge in [-0.05, 0) is 24.0 Å². The highest BCUT2D eigenvalue weighted by atomic mass is 16.4. The Labute approximate surface area is 146 Å². The summed E-state index contributed by atoms with van der Waals surface area (Å²) in [7, 11) is 0. The molecule has 1 N–H and O–H groups in total. The molecular formula is C19H21N3O3. The smallest absolute Gasteiger partial charge is 0.312 e. The van der Waals surface area contributed by atoms with Crippen LogP contribution in [0.3, 0.4) is 0 Å². The SMILES string of the molecule is Cc1ncc(C(=O)N2Cc3ccccc3C(C(=O)O)C2)c(C(C)C)n1. The number of rotatable bonds is 3. The molecular weight excluding hydrogens is 318 g/mol. The van der Waals surface area contributed by atoms with Gasteiger partial charge in [-0.3, -0.25) is 9.59 Å². The first kappa shape index (κ1) is 17.1. The monoisotopic (exact) mass is 339 g/mol. The third-order valence-corrected chi connectivity index (χ3v) is 4.50. The Bertz CT molecular complexity index is 832. The van der Waals surface area contributed by atoms with Gasteiger partial charge in [0.15, 0.2) is 0 Å². The maximum atomic E-state index is 13.1. The summed E-state index contributed by atoms with van der Waals surface area (Å²) >= 11 is 0. The van der Waals surface area contributed by atoms with E-state index >= 15 is 0 Å². The number of carboxylic acids is 1. The number of fused-ring (bicyclic) bond motifs is 1. The first-order valence-electron chi connectivity index (χ1n) is 8.32. The summed E-state index contributed by atoms with van der Waals surface area (Å²) in [6.07, 6.45) is 1.55. The number of carbonyl (C=O) groups is 2. The van der Waals surface area contributed by atoms with Crippen molar-refractivity contribution in [1.29, 1.82) is 0 Å². The predicted octanol–water partition coefficient (Wildman–Crippen LogP) is 2.73. The molecule has 1 unspecified atom stereocenters. The minimum absolute atomic E-state index is 0.0768. The summed E-state index contributed by atoms with van der Waals surface area (Å²) in [5.74, 6) is -1.16. The van der Waals surface area contributed by atoms with Crippen LogP contribution in [0.25, 0.3) is 0 Å². The normalized spacial score (nSPS) is 16.6. The van der Waals surface area contributed by atoms with E-state index in [1.54, 1.807) is 18.0 Å². The predicted molar refractivity (Wildman–Crippen MR) is 92.4 cm³/mol. The van der Waals surface area contributed by atoms with Crippen molar-refractivity contribution in [2.24, 2.45) is 0 Å². The molecule has 0 radical (unpaired) electrons. The summed E-state index contributed by atoms with van der Waals surface area (Å²) < 4.78 is 0. The van der Waals surface area contributed by atoms with Crippen LogP contribution in [0.4, 0.5) is 0 Å². The summed E-state index contributed by atoms with van der Waals surface area (Å²) in [5, 5.41) is 9.57. The van der Waals surface area contributed by atoms with E-state index in [0.29, 0.717) is 23.6 Å². The molecule has 1 aliphatic rings. The lowest BCUT2D eigenvalue weighted by Gasteiger charge is -2.33. The molecule has 1 aromatic carbocycles. The zero-order valence-corrected chi connectivity index (χ0v) is 14.6. The molecule has 1 amide bonds. The number of hydrogen-bond acceptors (Lipinski definition) is 4. The van der Waals surface area contributed by atoms with Gasteiger partial charge in [0.2, 0.25) is 0 Å². The van der Waals surface area contributed by atoms with Gasteiger partial charge in [-0.15, -0.1) is 0 Å². The van der Waals surface area contributed by atoms with E-state index in [1.165, 1.54) is 0 Å². The van der Waals surface area contributed by atoms with Crippen molar-refractivity contribution in [2.75, 3.05) is 6.54 Å². The van der Waals surface area contributed by atoms with Crippen LogP contribution >= 0.6 is 0 Å². The molecule has 1 atom stereocenters. The third-order valence-electron chi connectivity index (χ3n) is 4.50. The zero-order chi connectivity index (χ0) is 18.1. The van der Waals surface area contributed by atoms with Crippen LogP contribution < -0.4 is 0 Å². The number of nitrogens with zero attached hydrogens (tertiary/aromatic N) is 3. The number of aromatic nitrogens is 2. The first-order valence-corrected chi connectivity index (χ1v) is 8.32. The van der Waals surface area contributed by atoms with Crippen LogP contribution in [0, 0.1) is 6.92 Å². The Kier molecular flexibility index (Phi) is 4.53. The van der Waals surface area contributed by atoms with Gasteiger partial charge in [-0.2, -0.15) is 0 Å². The lowest BCUT2D eigenvalue weighted by atomic mass is 9.89. The molecule has 0 saturated heterocycles. The van der Waals surface area contributed by atoms with Gasteiger partial charge in [-0.25, -0.2) is 9.97 Å². The highest BCUT2D eigenvalue weighted by molar-refractivity contribution is 5.96. The molecule has 2 aromatic rings. The van der Waals surface area contributed by atoms with Crippen LogP contribution in [-0.2, 0) is 11.3 Å². The number of aryl methyl sites for hydroxylation is 1. The number of amides is 1. The molecule has 2 heterocycles. The minimum atomic E-state index is -0.922. The van der Waals surface area contributed by atoms with Crippen molar-refractivity contribution in [2.45, 2.75) is 39.2 Å². The molecule has 25 heavy (non-hydrogen) atoms. The average Bonchev–Trinajstić information content (AvgIpc) is 2.59. The average molecular weight is 339 g/mol. The molecule has 6 nitrogen and oxygen atoms in total. The van der Waals surface area contributed by atoms with Gasteiger partial charge >= 0.3 is 5.97 Å². The number of carboxylic acid groups (broad SMARTS) is 1. The standard InChI is InChI=1S/C19H21N3O3/c1-11(2)17-15(8-20-12(3)21-17)18(23)22-9-13-6-4-5-7-14(13)16(10-22)19(24)25/h4-8,11,16H,9-10H2,1-3H3,(H,24,25). The Hall–Kier alpha value is -2.76. The van der Waals surface area contributed by atoms with E-state index in [9.17, 15) is 14.7 Å². The molecule has 0 bridgehead atoms. The highest BCUT2D eigenvalue weighted by Gasteiger charge is 2.33. The maximum Gasteiger partial charge on any atom is 0.312 e. The van der Waals surface area contributed by atoms with Crippen LogP contribution in [0.15, 0.2) is 30.5 Å². The second kappa shape index (κ2) is 6.63. The fourth-order valence-corrected chi connectivity index (χ4v) is 3.24. The Morgan fingerprint density at radius 3 is 2.68 bits per heavy atom. The number of aliphatic carboxylic acids is 1. The second-order valence-corrected chi connectivity index (χ2v) is 6.65. The van der Waals surface area contributed by atoms with Gasteiger partial charge in [-0.1, -0.05) is 38.1 Å². The van der Waals surface area contributed by atoms with Crippen LogP contribution in [0.5, 0.6) is 0 Å². The van der Waals surface area contributed by atoms with E-state index in [2.05, 4.69) is 9.97 Å². The third kappa shape index (κ3) is 3.24. The summed E-state index contributed by atoms with van der Waals surface area (Å²) in [6.45, 7) is 6.28. The maximum absolute atomic E-state index is 13.1. The second-order valence-electron chi connectivity index (χ2n) is 6.65. The molecule has 0 saturated carbocycles. The topological polar surface area (TPSA) is 83.4 Å². The van der Waals surface area contributed by atoms with E-state index in [-0.39, 0.29) is 18.4 Å². The largest absolute Gasteiger partial charge is 0.481 e. The molecule has 0 aliphatic carbocycles. The molecule has 3 rings (SSSR count). The van der Waals surface area contributed by atoms with Crippen LogP contribution in [-0.4, -0.2) is 38.4 Å². The van der Waals surface area contributed by atoms with Gasteiger partial charge in [0.25, 0.3) is 5.91 Å². The van der Waals surface area contributed by atoms with Gasteiger partial charge in [0.1, 0.15) is 5.82 Å². The van der Waals surface area contributed by atoms with E-state index in [0.717, 1.165) is 11.1 Å². The minimum Gasteiger partial charge on any atom is -0.481 e. The van der Waals surface area contributed by atoms with Crippen LogP contribution in [0.2, 0.25) is 0 Å². The molecule has 1 aromatic heterocycles. The van der Waals surface area contributed by atoms with Crippen molar-refractivity contribution < 1.29 is 14.7 Å². The Morgan fingerprint density at radius 2 is 2.00 bits per heavy atom. The summed E-state index contributed by atoms with van der Waals surface area (Å²) in [6, 6.07) is 7.39. The van der Waals surface area contributed by atoms with Crippen LogP contribution in [0.1, 0.15) is 58.7 Å². The molecule has 0 fully saturated rings. The first-order chi connectivity index (χ1) is 11.9. The van der Waals surface area contributed by atoms with Crippen molar-refractivity contribution in [3.05, 3.63) is 58.7 Å². The fourth-order valence-electron chi connectivity index (χ4n) is 3.24. The molecule has 6 heteroatoms. The number of benzene rings is 1. The van der Waals surface area contributed by atoms with E-state index in [1.807, 2.05) is 38.1 Å². The van der Waals surface area contributed by atoms with E-state index in [4.69, 9.17) is 0 Å². The van der Waals surface area contributed by atoms with Crippen molar-refractivity contribution in [3.8, 4) is 0 Å². The summed E-state index contributed by atoms with van der Waals surface area (Å²) in [5.41, 5.74) is 2.80. The lowest BCUT2D eigenvalue weighted by molar-refractivity contribution is -0.139. The number of carbonyl (C=O) groups excluding carboxylic acids is 1. The number of hydrogen-bond donors (Lipinski definition) is 1. The quantitative estimate of drug-likeness (QED) is 0.929. The lowest BCUT2D eigenvalue weighted by Crippen LogP contribution is -2.41. The fraction of sp³-hybridized carbons (Fsp3) is 0.368. The van der Waals surface area contributed by atoms with Gasteiger partial charge in [0, 0.05) is 19.3 Å².